The lowest BCUT2D eigenvalue weighted by Crippen LogP contribution is -2.29. The van der Waals surface area contributed by atoms with Crippen LogP contribution >= 0.6 is 11.3 Å². The van der Waals surface area contributed by atoms with Crippen molar-refractivity contribution in [3.05, 3.63) is 56.4 Å². The van der Waals surface area contributed by atoms with Crippen LogP contribution in [0.3, 0.4) is 0 Å². The van der Waals surface area contributed by atoms with Crippen molar-refractivity contribution in [2.45, 2.75) is 38.9 Å². The summed E-state index contributed by atoms with van der Waals surface area (Å²) in [5, 5.41) is 2.37. The Morgan fingerprint density at radius 3 is 2.63 bits per heavy atom. The molecule has 4 rings (SSSR count). The first-order chi connectivity index (χ1) is 16.5. The summed E-state index contributed by atoms with van der Waals surface area (Å²) < 4.78 is 66.6. The fourth-order valence-corrected chi connectivity index (χ4v) is 4.99. The molecule has 1 atom stereocenters. The number of halogens is 5. The number of thiophene rings is 1. The van der Waals surface area contributed by atoms with Gasteiger partial charge in [-0.1, -0.05) is 0 Å². The number of rotatable bonds is 5. The number of nitrogens with one attached hydrogen (secondary N) is 1. The van der Waals surface area contributed by atoms with Crippen LogP contribution < -0.4 is 10.9 Å². The number of alkyl halides is 5. The molecule has 0 radical (unpaired) electrons. The molecular weight excluding hydrogens is 495 g/mol. The molecule has 1 aliphatic rings. The highest BCUT2D eigenvalue weighted by Crippen LogP contribution is 2.32. The Hall–Kier alpha value is -3.35. The number of nitrogens with zero attached hydrogens (tertiary/aromatic N) is 3. The lowest BCUT2D eigenvalue weighted by Gasteiger charge is -2.14. The summed E-state index contributed by atoms with van der Waals surface area (Å²) >= 11 is 0.992. The number of carbonyl (C=O) groups excluding carboxylic acids is 2. The lowest BCUT2D eigenvalue weighted by atomic mass is 10.1. The van der Waals surface area contributed by atoms with E-state index in [1.54, 1.807) is 6.92 Å². The van der Waals surface area contributed by atoms with E-state index in [0.717, 1.165) is 28.3 Å². The Morgan fingerprint density at radius 1 is 1.26 bits per heavy atom. The van der Waals surface area contributed by atoms with Crippen molar-refractivity contribution in [3.8, 4) is 0 Å². The molecule has 3 aromatic rings. The van der Waals surface area contributed by atoms with Crippen LogP contribution in [0.4, 0.5) is 27.6 Å². The maximum atomic E-state index is 13.5. The van der Waals surface area contributed by atoms with Gasteiger partial charge in [0.25, 0.3) is 11.5 Å². The predicted molar refractivity (Wildman–Crippen MR) is 119 cm³/mol. The number of fused-ring (bicyclic) bond motifs is 1. The summed E-state index contributed by atoms with van der Waals surface area (Å²) in [6.45, 7) is 0.0742. The molecule has 0 aliphatic carbocycles. The molecule has 0 spiro atoms. The van der Waals surface area contributed by atoms with E-state index in [9.17, 15) is 36.3 Å². The maximum Gasteiger partial charge on any atom is 0.416 e. The fourth-order valence-electron chi connectivity index (χ4n) is 3.88. The monoisotopic (exact) mass is 514 g/mol. The molecule has 1 saturated heterocycles. The molecule has 3 heterocycles. The molecule has 13 heteroatoms. The van der Waals surface area contributed by atoms with Gasteiger partial charge < -0.3 is 10.2 Å². The average Bonchev–Trinajstić information content (AvgIpc) is 3.38. The third-order valence-corrected chi connectivity index (χ3v) is 6.79. The van der Waals surface area contributed by atoms with Gasteiger partial charge in [0.05, 0.1) is 28.7 Å². The summed E-state index contributed by atoms with van der Waals surface area (Å²) in [6.07, 6.45) is -4.49. The van der Waals surface area contributed by atoms with Crippen LogP contribution in [-0.4, -0.2) is 45.5 Å². The van der Waals surface area contributed by atoms with E-state index >= 15 is 0 Å². The summed E-state index contributed by atoms with van der Waals surface area (Å²) in [5.41, 5.74) is -1.91. The zero-order valence-corrected chi connectivity index (χ0v) is 19.1. The number of benzene rings is 1. The summed E-state index contributed by atoms with van der Waals surface area (Å²) in [4.78, 5) is 44.3. The average molecular weight is 514 g/mol. The quantitative estimate of drug-likeness (QED) is 0.521. The Kier molecular flexibility index (Phi) is 6.62. The smallest absolute Gasteiger partial charge is 0.335 e. The minimum atomic E-state index is -4.73. The molecule has 186 valence electrons. The van der Waals surface area contributed by atoms with Crippen molar-refractivity contribution < 1.29 is 31.5 Å². The van der Waals surface area contributed by atoms with Gasteiger partial charge in [-0.15, -0.1) is 11.3 Å². The van der Waals surface area contributed by atoms with Gasteiger partial charge in [0.1, 0.15) is 24.2 Å². The van der Waals surface area contributed by atoms with Gasteiger partial charge in [-0.3, -0.25) is 19.0 Å². The van der Waals surface area contributed by atoms with Crippen LogP contribution in [0.2, 0.25) is 0 Å². The number of aryl methyl sites for hydroxylation is 1. The molecule has 0 bridgehead atoms. The molecule has 0 saturated carbocycles. The highest BCUT2D eigenvalue weighted by Gasteiger charge is 2.32. The topological polar surface area (TPSA) is 84.3 Å². The summed E-state index contributed by atoms with van der Waals surface area (Å²) in [6, 6.07) is 2.38. The third kappa shape index (κ3) is 5.04. The van der Waals surface area contributed by atoms with Crippen LogP contribution in [0.5, 0.6) is 0 Å². The van der Waals surface area contributed by atoms with E-state index in [4.69, 9.17) is 0 Å². The third-order valence-electron chi connectivity index (χ3n) is 5.60. The zero-order chi connectivity index (χ0) is 25.5. The number of carbonyl (C=O) groups is 2. The van der Waals surface area contributed by atoms with E-state index in [2.05, 4.69) is 10.3 Å². The highest BCUT2D eigenvalue weighted by molar-refractivity contribution is 7.20. The zero-order valence-electron chi connectivity index (χ0n) is 18.3. The molecule has 1 aromatic carbocycles. The van der Waals surface area contributed by atoms with Crippen molar-refractivity contribution in [3.63, 3.8) is 0 Å². The normalized spacial score (nSPS) is 16.2. The molecule has 2 amide bonds. The first kappa shape index (κ1) is 24.8. The van der Waals surface area contributed by atoms with E-state index in [-0.39, 0.29) is 45.9 Å². The Bertz CT molecular complexity index is 1370. The molecule has 7 nitrogen and oxygen atoms in total. The van der Waals surface area contributed by atoms with Gasteiger partial charge in [0.2, 0.25) is 5.91 Å². The Labute approximate surface area is 199 Å². The number of aromatic nitrogens is 2. The molecule has 1 N–H and O–H groups in total. The second-order valence-corrected chi connectivity index (χ2v) is 9.15. The molecule has 2 aromatic heterocycles. The van der Waals surface area contributed by atoms with E-state index in [0.29, 0.717) is 17.7 Å². The molecule has 1 aliphatic heterocycles. The maximum absolute atomic E-state index is 13.5. The number of amides is 2. The fraction of sp³-hybridized carbons (Fsp3) is 0.364. The summed E-state index contributed by atoms with van der Waals surface area (Å²) in [7, 11) is 0. The minimum absolute atomic E-state index is 0.0238. The van der Waals surface area contributed by atoms with Crippen LogP contribution in [-0.2, 0) is 24.2 Å². The van der Waals surface area contributed by atoms with Crippen LogP contribution in [0, 0.1) is 6.92 Å². The number of hydrogen-bond acceptors (Lipinski definition) is 5. The van der Waals surface area contributed by atoms with Crippen molar-refractivity contribution in [1.29, 1.82) is 0 Å². The summed E-state index contributed by atoms with van der Waals surface area (Å²) in [5.74, 6) is -1.23. The molecular formula is C22H19F5N4O3S. The largest absolute Gasteiger partial charge is 0.416 e. The second kappa shape index (κ2) is 9.36. The van der Waals surface area contributed by atoms with Crippen molar-refractivity contribution in [1.82, 2.24) is 14.5 Å². The molecule has 1 fully saturated rings. The molecule has 0 unspecified atom stereocenters. The predicted octanol–water partition coefficient (Wildman–Crippen LogP) is 4.08. The van der Waals surface area contributed by atoms with Crippen LogP contribution in [0.25, 0.3) is 10.2 Å². The first-order valence-electron chi connectivity index (χ1n) is 10.5. The van der Waals surface area contributed by atoms with E-state index in [1.807, 2.05) is 0 Å². The Balaban J connectivity index is 1.58. The van der Waals surface area contributed by atoms with Crippen LogP contribution in [0.1, 0.15) is 32.8 Å². The number of likely N-dealkylation sites (tertiary alicyclic amines) is 1. The van der Waals surface area contributed by atoms with Gasteiger partial charge >= 0.3 is 6.18 Å². The lowest BCUT2D eigenvalue weighted by molar-refractivity contribution is -0.137. The second-order valence-electron chi connectivity index (χ2n) is 8.15. The standard InChI is InChI=1S/C22H19F5N4O3S/c1-11-17-19(35-18(11)21(34)30-3-2-14(24)8-30)28-10-31(20(17)33)9-16(32)29-15-5-12(7-23)4-13(6-15)22(25,26)27/h4-6,10,14H,2-3,7-9H2,1H3,(H,29,32)/t14-/m0/s1. The Morgan fingerprint density at radius 2 is 2.00 bits per heavy atom. The SMILES string of the molecule is Cc1c(C(=O)N2CC[C@H](F)C2)sc2ncn(CC(=O)Nc3cc(CF)cc(C(F)(F)F)c3)c(=O)c12. The molecule has 35 heavy (non-hydrogen) atoms. The van der Waals surface area contributed by atoms with Gasteiger partial charge in [0.15, 0.2) is 0 Å². The number of anilines is 1. The van der Waals surface area contributed by atoms with Crippen molar-refractivity contribution >= 4 is 39.1 Å². The van der Waals surface area contributed by atoms with Crippen LogP contribution in [0.15, 0.2) is 29.3 Å². The number of hydrogen-bond donors (Lipinski definition) is 1. The van der Waals surface area contributed by atoms with Crippen molar-refractivity contribution in [2.24, 2.45) is 0 Å². The van der Waals surface area contributed by atoms with Gasteiger partial charge in [-0.25, -0.2) is 13.8 Å². The van der Waals surface area contributed by atoms with Gasteiger partial charge in [-0.05, 0) is 42.7 Å². The van der Waals surface area contributed by atoms with E-state index in [1.165, 1.54) is 4.90 Å². The van der Waals surface area contributed by atoms with Gasteiger partial charge in [0, 0.05) is 12.2 Å². The van der Waals surface area contributed by atoms with Crippen molar-refractivity contribution in [2.75, 3.05) is 18.4 Å². The van der Waals surface area contributed by atoms with Gasteiger partial charge in [-0.2, -0.15) is 13.2 Å². The van der Waals surface area contributed by atoms with E-state index < -0.39 is 48.5 Å². The highest BCUT2D eigenvalue weighted by atomic mass is 32.1. The first-order valence-corrected chi connectivity index (χ1v) is 11.3. The minimum Gasteiger partial charge on any atom is -0.335 e.